The molecule has 122 valence electrons. The highest BCUT2D eigenvalue weighted by Crippen LogP contribution is 2.42. The van der Waals surface area contributed by atoms with E-state index in [0.29, 0.717) is 0 Å². The van der Waals surface area contributed by atoms with Crippen molar-refractivity contribution in [2.24, 2.45) is 0 Å². The number of nitrogen functional groups attached to an aromatic ring is 1. The Bertz CT molecular complexity index is 672. The summed E-state index contributed by atoms with van der Waals surface area (Å²) in [6.07, 6.45) is 0.455. The number of hydrogen-bond acceptors (Lipinski definition) is 7. The van der Waals surface area contributed by atoms with Crippen LogP contribution in [0.25, 0.3) is 0 Å². The molecule has 0 aliphatic carbocycles. The summed E-state index contributed by atoms with van der Waals surface area (Å²) < 4.78 is 21.9. The Kier molecular flexibility index (Phi) is 4.52. The van der Waals surface area contributed by atoms with Gasteiger partial charge in [-0.05, 0) is 6.07 Å². The molecule has 11 heteroatoms. The Morgan fingerprint density at radius 2 is 2.36 bits per heavy atom. The predicted molar refractivity (Wildman–Crippen MR) is 74.6 cm³/mol. The lowest BCUT2D eigenvalue weighted by Crippen LogP contribution is -2.41. The van der Waals surface area contributed by atoms with Crippen LogP contribution in [0.5, 0.6) is 0 Å². The molecule has 0 amide bonds. The first-order valence-electron chi connectivity index (χ1n) is 6.21. The van der Waals surface area contributed by atoms with Crippen LogP contribution in [0.2, 0.25) is 0 Å². The number of hydrogen-bond donors (Lipinski definition) is 4. The van der Waals surface area contributed by atoms with E-state index in [0.717, 1.165) is 4.57 Å². The van der Waals surface area contributed by atoms with E-state index >= 15 is 0 Å². The Morgan fingerprint density at radius 1 is 1.68 bits per heavy atom. The molecule has 1 saturated heterocycles. The van der Waals surface area contributed by atoms with Crippen molar-refractivity contribution in [3.8, 4) is 0 Å². The molecular weight excluding hydrogens is 317 g/mol. The van der Waals surface area contributed by atoms with Gasteiger partial charge in [0.2, 0.25) is 0 Å². The molecule has 1 aromatic rings. The lowest BCUT2D eigenvalue weighted by Gasteiger charge is -2.28. The highest BCUT2D eigenvalue weighted by atomic mass is 31.2. The van der Waals surface area contributed by atoms with Gasteiger partial charge in [-0.3, -0.25) is 9.09 Å². The molecule has 10 nitrogen and oxygen atoms in total. The molecule has 3 atom stereocenters. The lowest BCUT2D eigenvalue weighted by molar-refractivity contribution is -0.0956. The molecule has 2 rings (SSSR count). The highest BCUT2D eigenvalue weighted by Gasteiger charge is 2.48. The highest BCUT2D eigenvalue weighted by molar-refractivity contribution is 7.46. The Morgan fingerprint density at radius 3 is 2.91 bits per heavy atom. The molecule has 22 heavy (non-hydrogen) atoms. The number of aliphatic hydroxyl groups is 1. The first kappa shape index (κ1) is 16.8. The number of aromatic nitrogens is 2. The normalized spacial score (nSPS) is 28.7. The summed E-state index contributed by atoms with van der Waals surface area (Å²) in [6.45, 7) is 2.87. The molecular formula is C11H16N3O7P. The van der Waals surface area contributed by atoms with Crippen LogP contribution >= 0.6 is 7.82 Å². The summed E-state index contributed by atoms with van der Waals surface area (Å²) in [5, 5.41) is 10.1. The van der Waals surface area contributed by atoms with Gasteiger partial charge in [-0.15, -0.1) is 6.58 Å². The van der Waals surface area contributed by atoms with Gasteiger partial charge in [-0.25, -0.2) is 9.36 Å². The van der Waals surface area contributed by atoms with Crippen LogP contribution in [0.4, 0.5) is 5.82 Å². The number of aliphatic hydroxyl groups excluding tert-OH is 1. The average molecular weight is 333 g/mol. The Labute approximate surface area is 125 Å². The molecule has 0 radical (unpaired) electrons. The second-order valence-corrected chi connectivity index (χ2v) is 6.03. The second kappa shape index (κ2) is 5.92. The van der Waals surface area contributed by atoms with Gasteiger partial charge in [-0.2, -0.15) is 4.98 Å². The number of anilines is 1. The van der Waals surface area contributed by atoms with Crippen molar-refractivity contribution in [2.75, 3.05) is 12.3 Å². The SMILES string of the molecule is C=C[C@]1(COP(=O)(O)O)O[C@@H](n2ccc(N)nc2=O)C[C@@H]1O. The summed E-state index contributed by atoms with van der Waals surface area (Å²) in [4.78, 5) is 32.9. The lowest BCUT2D eigenvalue weighted by atomic mass is 9.98. The molecule has 1 fully saturated rings. The van der Waals surface area contributed by atoms with Gasteiger partial charge in [0.25, 0.3) is 0 Å². The zero-order valence-electron chi connectivity index (χ0n) is 11.4. The van der Waals surface area contributed by atoms with E-state index in [9.17, 15) is 14.5 Å². The van der Waals surface area contributed by atoms with Gasteiger partial charge in [0.1, 0.15) is 17.6 Å². The maximum Gasteiger partial charge on any atom is 0.469 e. The topological polar surface area (TPSA) is 157 Å². The summed E-state index contributed by atoms with van der Waals surface area (Å²) in [6, 6.07) is 1.39. The average Bonchev–Trinajstić information content (AvgIpc) is 2.73. The minimum absolute atomic E-state index is 0.0119. The quantitative estimate of drug-likeness (QED) is 0.397. The molecule has 0 spiro atoms. The summed E-state index contributed by atoms with van der Waals surface area (Å²) >= 11 is 0. The van der Waals surface area contributed by atoms with Crippen molar-refractivity contribution < 1.29 is 28.7 Å². The Hall–Kier alpha value is -1.55. The van der Waals surface area contributed by atoms with E-state index in [1.165, 1.54) is 18.3 Å². The van der Waals surface area contributed by atoms with Gasteiger partial charge in [0, 0.05) is 12.6 Å². The van der Waals surface area contributed by atoms with Crippen LogP contribution in [0, 0.1) is 0 Å². The molecule has 1 aliphatic heterocycles. The molecule has 0 saturated carbocycles. The van der Waals surface area contributed by atoms with Crippen molar-refractivity contribution in [1.82, 2.24) is 9.55 Å². The third kappa shape index (κ3) is 3.43. The van der Waals surface area contributed by atoms with Crippen molar-refractivity contribution >= 4 is 13.6 Å². The molecule has 1 aliphatic rings. The zero-order chi connectivity index (χ0) is 16.5. The van der Waals surface area contributed by atoms with Gasteiger partial charge in [0.05, 0.1) is 12.7 Å². The summed E-state index contributed by atoms with van der Waals surface area (Å²) in [7, 11) is -4.74. The van der Waals surface area contributed by atoms with Crippen LogP contribution < -0.4 is 11.4 Å². The van der Waals surface area contributed by atoms with E-state index in [2.05, 4.69) is 16.1 Å². The molecule has 0 aromatic carbocycles. The van der Waals surface area contributed by atoms with Crippen LogP contribution in [-0.2, 0) is 13.8 Å². The minimum Gasteiger partial charge on any atom is -0.389 e. The smallest absolute Gasteiger partial charge is 0.389 e. The first-order valence-corrected chi connectivity index (χ1v) is 7.74. The monoisotopic (exact) mass is 333 g/mol. The van der Waals surface area contributed by atoms with Crippen LogP contribution in [0.15, 0.2) is 29.7 Å². The maximum atomic E-state index is 11.8. The van der Waals surface area contributed by atoms with Crippen molar-refractivity contribution in [3.63, 3.8) is 0 Å². The van der Waals surface area contributed by atoms with E-state index in [-0.39, 0.29) is 12.2 Å². The molecule has 0 bridgehead atoms. The minimum atomic E-state index is -4.74. The van der Waals surface area contributed by atoms with Gasteiger partial charge >= 0.3 is 13.5 Å². The fourth-order valence-electron chi connectivity index (χ4n) is 2.14. The number of rotatable bonds is 5. The summed E-state index contributed by atoms with van der Waals surface area (Å²) in [5.41, 5.74) is 3.17. The van der Waals surface area contributed by atoms with Gasteiger partial charge < -0.3 is 25.4 Å². The van der Waals surface area contributed by atoms with Crippen molar-refractivity contribution in [3.05, 3.63) is 35.4 Å². The number of nitrogens with two attached hydrogens (primary N) is 1. The van der Waals surface area contributed by atoms with Crippen molar-refractivity contribution in [1.29, 1.82) is 0 Å². The van der Waals surface area contributed by atoms with Crippen LogP contribution in [0.1, 0.15) is 12.6 Å². The van der Waals surface area contributed by atoms with E-state index in [4.69, 9.17) is 20.3 Å². The maximum absolute atomic E-state index is 11.8. The van der Waals surface area contributed by atoms with E-state index in [1.807, 2.05) is 0 Å². The number of phosphoric acid groups is 1. The fourth-order valence-corrected chi connectivity index (χ4v) is 2.51. The molecule has 0 unspecified atom stereocenters. The zero-order valence-corrected chi connectivity index (χ0v) is 12.3. The first-order chi connectivity index (χ1) is 10.2. The molecule has 5 N–H and O–H groups in total. The van der Waals surface area contributed by atoms with Crippen molar-refractivity contribution in [2.45, 2.75) is 24.4 Å². The second-order valence-electron chi connectivity index (χ2n) is 4.79. The third-order valence-electron chi connectivity index (χ3n) is 3.31. The molecule has 1 aromatic heterocycles. The van der Waals surface area contributed by atoms with Gasteiger partial charge in [0.15, 0.2) is 0 Å². The van der Waals surface area contributed by atoms with E-state index in [1.54, 1.807) is 0 Å². The Balaban J connectivity index is 2.24. The largest absolute Gasteiger partial charge is 0.469 e. The standard InChI is InChI=1S/C11H16N3O7P/c1-2-11(6-20-22(17,18)19)7(15)5-9(21-11)14-4-3-8(12)13-10(14)16/h2-4,7,9,15H,1,5-6H2,(H2,12,13,16)(H2,17,18,19)/t7-,9+,11+/m0/s1. The number of phosphoric ester groups is 1. The van der Waals surface area contributed by atoms with E-state index < -0.39 is 38.1 Å². The fraction of sp³-hybridized carbons (Fsp3) is 0.455. The number of ether oxygens (including phenoxy) is 1. The van der Waals surface area contributed by atoms with Crippen LogP contribution in [0.3, 0.4) is 0 Å². The molecule has 2 heterocycles. The summed E-state index contributed by atoms with van der Waals surface area (Å²) in [5.74, 6) is 0.0413. The third-order valence-corrected chi connectivity index (χ3v) is 3.78. The van der Waals surface area contributed by atoms with Crippen LogP contribution in [-0.4, -0.2) is 42.8 Å². The predicted octanol–water partition coefficient (Wildman–Crippen LogP) is -0.861. The number of nitrogens with zero attached hydrogens (tertiary/aromatic N) is 2. The van der Waals surface area contributed by atoms with Gasteiger partial charge in [-0.1, -0.05) is 6.08 Å².